The van der Waals surface area contributed by atoms with E-state index in [0.717, 1.165) is 17.8 Å². The lowest BCUT2D eigenvalue weighted by Gasteiger charge is -2.09. The first-order valence-electron chi connectivity index (χ1n) is 6.98. The number of hydrogen-bond donors (Lipinski definition) is 1. The van der Waals surface area contributed by atoms with E-state index in [-0.39, 0.29) is 5.82 Å². The van der Waals surface area contributed by atoms with Crippen LogP contribution in [0.5, 0.6) is 0 Å². The van der Waals surface area contributed by atoms with Gasteiger partial charge in [0.15, 0.2) is 0 Å². The van der Waals surface area contributed by atoms with Gasteiger partial charge in [-0.15, -0.1) is 0 Å². The van der Waals surface area contributed by atoms with Crippen LogP contribution in [-0.4, -0.2) is 15.8 Å². The summed E-state index contributed by atoms with van der Waals surface area (Å²) in [5.74, 6) is -0.205. The minimum atomic E-state index is -0.205. The molecule has 108 valence electrons. The Hall–Kier alpha value is -1.68. The zero-order valence-corrected chi connectivity index (χ0v) is 12.6. The van der Waals surface area contributed by atoms with E-state index >= 15 is 0 Å². The second-order valence-electron chi connectivity index (χ2n) is 5.47. The molecule has 0 atom stereocenters. The van der Waals surface area contributed by atoms with Gasteiger partial charge in [0.25, 0.3) is 0 Å². The normalized spacial score (nSPS) is 11.3. The van der Waals surface area contributed by atoms with Crippen LogP contribution in [0.3, 0.4) is 0 Å². The molecule has 0 saturated carbocycles. The summed E-state index contributed by atoms with van der Waals surface area (Å²) in [6.45, 7) is 9.89. The van der Waals surface area contributed by atoms with E-state index in [2.05, 4.69) is 31.2 Å². The summed E-state index contributed by atoms with van der Waals surface area (Å²) in [5.41, 5.74) is 4.53. The molecular weight excluding hydrogens is 253 g/mol. The van der Waals surface area contributed by atoms with E-state index in [1.54, 1.807) is 12.1 Å². The number of benzene rings is 1. The number of rotatable bonds is 5. The van der Waals surface area contributed by atoms with Crippen molar-refractivity contribution in [1.82, 2.24) is 15.1 Å². The van der Waals surface area contributed by atoms with Gasteiger partial charge in [-0.25, -0.2) is 4.39 Å². The van der Waals surface area contributed by atoms with E-state index < -0.39 is 0 Å². The smallest absolute Gasteiger partial charge is 0.123 e. The topological polar surface area (TPSA) is 29.9 Å². The molecule has 1 N–H and O–H groups in total. The standard InChI is InChI=1S/C16H22FN3/c1-11(2)18-9-16-12(3)19-20(13(16)4)10-14-5-7-15(17)8-6-14/h5-8,11,18H,9-10H2,1-4H3. The number of aromatic nitrogens is 2. The average Bonchev–Trinajstić information content (AvgIpc) is 2.65. The lowest BCUT2D eigenvalue weighted by molar-refractivity contribution is 0.584. The first kappa shape index (κ1) is 14.7. The predicted octanol–water partition coefficient (Wildman–Crippen LogP) is 3.19. The van der Waals surface area contributed by atoms with E-state index in [9.17, 15) is 4.39 Å². The van der Waals surface area contributed by atoms with Crippen LogP contribution in [0.2, 0.25) is 0 Å². The van der Waals surface area contributed by atoms with Crippen LogP contribution in [0.4, 0.5) is 4.39 Å². The Morgan fingerprint density at radius 2 is 1.85 bits per heavy atom. The summed E-state index contributed by atoms with van der Waals surface area (Å²) >= 11 is 0. The number of halogens is 1. The number of nitrogens with one attached hydrogen (secondary N) is 1. The second-order valence-corrected chi connectivity index (χ2v) is 5.47. The van der Waals surface area contributed by atoms with Crippen molar-refractivity contribution in [3.8, 4) is 0 Å². The first-order chi connectivity index (χ1) is 9.47. The molecule has 0 unspecified atom stereocenters. The highest BCUT2D eigenvalue weighted by molar-refractivity contribution is 5.26. The fourth-order valence-corrected chi connectivity index (χ4v) is 2.21. The van der Waals surface area contributed by atoms with Crippen molar-refractivity contribution >= 4 is 0 Å². The second kappa shape index (κ2) is 6.18. The summed E-state index contributed by atoms with van der Waals surface area (Å²) in [7, 11) is 0. The third kappa shape index (κ3) is 3.45. The molecule has 0 fully saturated rings. The van der Waals surface area contributed by atoms with Gasteiger partial charge in [0.05, 0.1) is 12.2 Å². The summed E-state index contributed by atoms with van der Waals surface area (Å²) in [6, 6.07) is 7.04. The molecule has 0 saturated heterocycles. The van der Waals surface area contributed by atoms with Gasteiger partial charge in [0.1, 0.15) is 5.82 Å². The highest BCUT2D eigenvalue weighted by Crippen LogP contribution is 2.15. The maximum atomic E-state index is 12.9. The highest BCUT2D eigenvalue weighted by Gasteiger charge is 2.11. The molecule has 0 bridgehead atoms. The van der Waals surface area contributed by atoms with Crippen molar-refractivity contribution in [2.45, 2.75) is 46.8 Å². The van der Waals surface area contributed by atoms with Crippen molar-refractivity contribution < 1.29 is 4.39 Å². The van der Waals surface area contributed by atoms with E-state index in [1.807, 2.05) is 11.6 Å². The fraction of sp³-hybridized carbons (Fsp3) is 0.438. The minimum Gasteiger partial charge on any atom is -0.310 e. The third-order valence-corrected chi connectivity index (χ3v) is 3.46. The van der Waals surface area contributed by atoms with Gasteiger partial charge in [0.2, 0.25) is 0 Å². The zero-order valence-electron chi connectivity index (χ0n) is 12.6. The van der Waals surface area contributed by atoms with Crippen molar-refractivity contribution in [2.24, 2.45) is 0 Å². The first-order valence-corrected chi connectivity index (χ1v) is 6.98. The van der Waals surface area contributed by atoms with Gasteiger partial charge in [-0.1, -0.05) is 26.0 Å². The maximum Gasteiger partial charge on any atom is 0.123 e. The Morgan fingerprint density at radius 1 is 1.20 bits per heavy atom. The lowest BCUT2D eigenvalue weighted by Crippen LogP contribution is -2.22. The molecule has 3 nitrogen and oxygen atoms in total. The quantitative estimate of drug-likeness (QED) is 0.908. The van der Waals surface area contributed by atoms with Crippen LogP contribution >= 0.6 is 0 Å². The van der Waals surface area contributed by atoms with Crippen molar-refractivity contribution in [3.63, 3.8) is 0 Å². The molecule has 2 aromatic rings. The molecule has 0 aliphatic carbocycles. The van der Waals surface area contributed by atoms with E-state index in [4.69, 9.17) is 0 Å². The van der Waals surface area contributed by atoms with Crippen LogP contribution in [-0.2, 0) is 13.1 Å². The van der Waals surface area contributed by atoms with Gasteiger partial charge < -0.3 is 5.32 Å². The summed E-state index contributed by atoms with van der Waals surface area (Å²) in [6.07, 6.45) is 0. The van der Waals surface area contributed by atoms with E-state index in [1.165, 1.54) is 23.4 Å². The van der Waals surface area contributed by atoms with Crippen molar-refractivity contribution in [3.05, 3.63) is 52.6 Å². The van der Waals surface area contributed by atoms with Gasteiger partial charge in [-0.05, 0) is 31.5 Å². The molecule has 0 radical (unpaired) electrons. The molecule has 1 aromatic heterocycles. The Balaban J connectivity index is 2.16. The molecule has 20 heavy (non-hydrogen) atoms. The Kier molecular flexibility index (Phi) is 4.55. The molecule has 1 heterocycles. The molecule has 0 aliphatic heterocycles. The molecule has 1 aromatic carbocycles. The Bertz CT molecular complexity index is 570. The largest absolute Gasteiger partial charge is 0.310 e. The van der Waals surface area contributed by atoms with Gasteiger partial charge in [-0.2, -0.15) is 5.10 Å². The molecule has 0 spiro atoms. The number of hydrogen-bond acceptors (Lipinski definition) is 2. The molecule has 2 rings (SSSR count). The summed E-state index contributed by atoms with van der Waals surface area (Å²) in [4.78, 5) is 0. The number of aryl methyl sites for hydroxylation is 1. The van der Waals surface area contributed by atoms with Crippen molar-refractivity contribution in [2.75, 3.05) is 0 Å². The van der Waals surface area contributed by atoms with Crippen LogP contribution < -0.4 is 5.32 Å². The Labute approximate surface area is 119 Å². The highest BCUT2D eigenvalue weighted by atomic mass is 19.1. The third-order valence-electron chi connectivity index (χ3n) is 3.46. The zero-order chi connectivity index (χ0) is 14.7. The molecule has 4 heteroatoms. The maximum absolute atomic E-state index is 12.9. The number of nitrogens with zero attached hydrogens (tertiary/aromatic N) is 2. The average molecular weight is 275 g/mol. The molecule has 0 amide bonds. The molecule has 0 aliphatic rings. The predicted molar refractivity (Wildman–Crippen MR) is 79.2 cm³/mol. The van der Waals surface area contributed by atoms with Crippen molar-refractivity contribution in [1.29, 1.82) is 0 Å². The van der Waals surface area contributed by atoms with Gasteiger partial charge in [-0.3, -0.25) is 4.68 Å². The summed E-state index contributed by atoms with van der Waals surface area (Å²) < 4.78 is 14.9. The van der Waals surface area contributed by atoms with Crippen LogP contribution in [0.1, 0.15) is 36.4 Å². The Morgan fingerprint density at radius 3 is 2.45 bits per heavy atom. The fourth-order valence-electron chi connectivity index (χ4n) is 2.21. The summed E-state index contributed by atoms with van der Waals surface area (Å²) in [5, 5.41) is 8.01. The lowest BCUT2D eigenvalue weighted by atomic mass is 10.2. The van der Waals surface area contributed by atoms with E-state index in [0.29, 0.717) is 12.6 Å². The van der Waals surface area contributed by atoms with Crippen LogP contribution in [0, 0.1) is 19.7 Å². The van der Waals surface area contributed by atoms with Crippen LogP contribution in [0.25, 0.3) is 0 Å². The molecular formula is C16H22FN3. The van der Waals surface area contributed by atoms with Crippen LogP contribution in [0.15, 0.2) is 24.3 Å². The SMILES string of the molecule is Cc1nn(Cc2ccc(F)cc2)c(C)c1CNC(C)C. The van der Waals surface area contributed by atoms with Gasteiger partial charge >= 0.3 is 0 Å². The minimum absolute atomic E-state index is 0.205. The van der Waals surface area contributed by atoms with Gasteiger partial charge in [0, 0.05) is 23.8 Å². The monoisotopic (exact) mass is 275 g/mol.